The van der Waals surface area contributed by atoms with Gasteiger partial charge in [0.25, 0.3) is 5.56 Å². The van der Waals surface area contributed by atoms with Gasteiger partial charge in [-0.2, -0.15) is 4.98 Å². The minimum absolute atomic E-state index is 0.139. The Labute approximate surface area is 131 Å². The Morgan fingerprint density at radius 1 is 0.913 bits per heavy atom. The molecular weight excluding hydrogens is 290 g/mol. The summed E-state index contributed by atoms with van der Waals surface area (Å²) in [6.45, 7) is 2.01. The summed E-state index contributed by atoms with van der Waals surface area (Å²) >= 11 is 0. The molecule has 4 aromatic rings. The van der Waals surface area contributed by atoms with E-state index >= 15 is 0 Å². The van der Waals surface area contributed by atoms with Gasteiger partial charge in [-0.1, -0.05) is 48.0 Å². The smallest absolute Gasteiger partial charge is 0.296 e. The second-order valence-corrected chi connectivity index (χ2v) is 5.32. The van der Waals surface area contributed by atoms with Crippen molar-refractivity contribution in [2.45, 2.75) is 6.92 Å². The molecule has 112 valence electrons. The van der Waals surface area contributed by atoms with Crippen molar-refractivity contribution in [3.8, 4) is 22.8 Å². The topological polar surface area (TPSA) is 71.8 Å². The fourth-order valence-electron chi connectivity index (χ4n) is 2.39. The third-order valence-corrected chi connectivity index (χ3v) is 3.61. The summed E-state index contributed by atoms with van der Waals surface area (Å²) in [7, 11) is 0. The van der Waals surface area contributed by atoms with E-state index in [9.17, 15) is 4.79 Å². The quantitative estimate of drug-likeness (QED) is 0.614. The molecule has 0 aliphatic carbocycles. The van der Waals surface area contributed by atoms with Gasteiger partial charge in [0.1, 0.15) is 5.82 Å². The number of nitrogens with zero attached hydrogens (tertiary/aromatic N) is 2. The van der Waals surface area contributed by atoms with Gasteiger partial charge in [-0.05, 0) is 19.1 Å². The maximum Gasteiger partial charge on any atom is 0.296 e. The molecule has 0 atom stereocenters. The summed E-state index contributed by atoms with van der Waals surface area (Å²) in [5.41, 5.74) is 2.90. The van der Waals surface area contributed by atoms with Crippen LogP contribution >= 0.6 is 0 Å². The minimum atomic E-state index is -0.333. The zero-order valence-electron chi connectivity index (χ0n) is 12.4. The molecule has 0 aliphatic rings. The lowest BCUT2D eigenvalue weighted by molar-refractivity contribution is 0.614. The van der Waals surface area contributed by atoms with Crippen LogP contribution in [-0.2, 0) is 0 Å². The normalized spacial score (nSPS) is 11.0. The van der Waals surface area contributed by atoms with Gasteiger partial charge in [0.05, 0.1) is 0 Å². The number of hydrogen-bond donors (Lipinski definition) is 1. The van der Waals surface area contributed by atoms with Gasteiger partial charge >= 0.3 is 0 Å². The van der Waals surface area contributed by atoms with Crippen molar-refractivity contribution in [2.24, 2.45) is 0 Å². The third-order valence-electron chi connectivity index (χ3n) is 3.61. The molecule has 0 bridgehead atoms. The number of fused-ring (bicyclic) bond motifs is 1. The van der Waals surface area contributed by atoms with Gasteiger partial charge in [0.15, 0.2) is 0 Å². The zero-order valence-corrected chi connectivity index (χ0v) is 12.4. The molecule has 0 saturated carbocycles. The molecule has 0 amide bonds. The highest BCUT2D eigenvalue weighted by Crippen LogP contribution is 2.22. The molecule has 4 rings (SSSR count). The average molecular weight is 303 g/mol. The summed E-state index contributed by atoms with van der Waals surface area (Å²) in [6.07, 6.45) is 0. The number of nitrogens with one attached hydrogen (secondary N) is 1. The van der Waals surface area contributed by atoms with E-state index in [1.54, 1.807) is 0 Å². The van der Waals surface area contributed by atoms with Crippen LogP contribution in [0.15, 0.2) is 63.8 Å². The highest BCUT2D eigenvalue weighted by atomic mass is 16.4. The molecular formula is C18H13N3O2. The van der Waals surface area contributed by atoms with E-state index in [1.165, 1.54) is 0 Å². The van der Waals surface area contributed by atoms with Crippen molar-refractivity contribution in [2.75, 3.05) is 0 Å². The maximum absolute atomic E-state index is 12.3. The molecule has 2 aromatic carbocycles. The lowest BCUT2D eigenvalue weighted by Gasteiger charge is -2.00. The molecule has 0 spiro atoms. The average Bonchev–Trinajstić information content (AvgIpc) is 3.01. The molecule has 0 fully saturated rings. The first kappa shape index (κ1) is 13.5. The van der Waals surface area contributed by atoms with Crippen LogP contribution in [0, 0.1) is 6.92 Å². The number of oxazole rings is 1. The SMILES string of the molecule is Cc1ccc(-c2nc3nc(-c4ccccc4)oc3c(=O)[nH]2)cc1. The first-order valence-electron chi connectivity index (χ1n) is 7.24. The van der Waals surface area contributed by atoms with Gasteiger partial charge in [0.2, 0.25) is 17.1 Å². The van der Waals surface area contributed by atoms with E-state index in [1.807, 2.05) is 61.5 Å². The standard InChI is InChI=1S/C18H13N3O2/c1-11-7-9-12(10-8-11)15-19-16-14(17(22)20-15)23-18(21-16)13-5-3-2-4-6-13/h2-10H,1H3,(H,19,20,22). The largest absolute Gasteiger partial charge is 0.428 e. The summed E-state index contributed by atoms with van der Waals surface area (Å²) in [6, 6.07) is 17.2. The van der Waals surface area contributed by atoms with Gasteiger partial charge in [-0.25, -0.2) is 4.98 Å². The van der Waals surface area contributed by atoms with E-state index < -0.39 is 0 Å². The summed E-state index contributed by atoms with van der Waals surface area (Å²) in [4.78, 5) is 23.8. The van der Waals surface area contributed by atoms with E-state index in [2.05, 4.69) is 15.0 Å². The van der Waals surface area contributed by atoms with Gasteiger partial charge in [-0.15, -0.1) is 0 Å². The van der Waals surface area contributed by atoms with Crippen molar-refractivity contribution < 1.29 is 4.42 Å². The molecule has 0 saturated heterocycles. The number of hydrogen-bond acceptors (Lipinski definition) is 4. The molecule has 5 nitrogen and oxygen atoms in total. The van der Waals surface area contributed by atoms with Crippen molar-refractivity contribution in [3.05, 3.63) is 70.5 Å². The first-order chi connectivity index (χ1) is 11.2. The highest BCUT2D eigenvalue weighted by molar-refractivity contribution is 5.73. The Balaban J connectivity index is 1.87. The number of benzene rings is 2. The van der Waals surface area contributed by atoms with E-state index in [0.717, 1.165) is 16.7 Å². The fourth-order valence-corrected chi connectivity index (χ4v) is 2.39. The predicted octanol–water partition coefficient (Wildman–Crippen LogP) is 3.55. The van der Waals surface area contributed by atoms with Gasteiger partial charge in [-0.3, -0.25) is 4.79 Å². The van der Waals surface area contributed by atoms with Crippen LogP contribution in [-0.4, -0.2) is 15.0 Å². The summed E-state index contributed by atoms with van der Waals surface area (Å²) < 4.78 is 5.58. The van der Waals surface area contributed by atoms with Crippen LogP contribution in [0.4, 0.5) is 0 Å². The van der Waals surface area contributed by atoms with Crippen LogP contribution in [0.5, 0.6) is 0 Å². The van der Waals surface area contributed by atoms with Crippen LogP contribution < -0.4 is 5.56 Å². The lowest BCUT2D eigenvalue weighted by Crippen LogP contribution is -2.08. The van der Waals surface area contributed by atoms with Crippen LogP contribution in [0.25, 0.3) is 34.1 Å². The predicted molar refractivity (Wildman–Crippen MR) is 88.0 cm³/mol. The van der Waals surface area contributed by atoms with E-state index in [-0.39, 0.29) is 11.1 Å². The Bertz CT molecular complexity index is 1030. The monoisotopic (exact) mass is 303 g/mol. The van der Waals surface area contributed by atoms with E-state index in [0.29, 0.717) is 17.4 Å². The Hall–Kier alpha value is -3.21. The van der Waals surface area contributed by atoms with Crippen LogP contribution in [0.3, 0.4) is 0 Å². The number of aromatic nitrogens is 3. The molecule has 23 heavy (non-hydrogen) atoms. The first-order valence-corrected chi connectivity index (χ1v) is 7.24. The molecule has 2 aromatic heterocycles. The minimum Gasteiger partial charge on any atom is -0.428 e. The summed E-state index contributed by atoms with van der Waals surface area (Å²) in [5.74, 6) is 0.870. The molecule has 0 aliphatic heterocycles. The fraction of sp³-hybridized carbons (Fsp3) is 0.0556. The molecule has 0 unspecified atom stereocenters. The van der Waals surface area contributed by atoms with Crippen molar-refractivity contribution in [3.63, 3.8) is 0 Å². The van der Waals surface area contributed by atoms with E-state index in [4.69, 9.17) is 4.42 Å². The van der Waals surface area contributed by atoms with Gasteiger partial charge < -0.3 is 9.40 Å². The third kappa shape index (κ3) is 2.42. The van der Waals surface area contributed by atoms with Crippen LogP contribution in [0.2, 0.25) is 0 Å². The molecule has 2 heterocycles. The van der Waals surface area contributed by atoms with Gasteiger partial charge in [0, 0.05) is 11.1 Å². The number of aryl methyl sites for hydroxylation is 1. The van der Waals surface area contributed by atoms with Crippen LogP contribution in [0.1, 0.15) is 5.56 Å². The number of rotatable bonds is 2. The Morgan fingerprint density at radius 3 is 2.39 bits per heavy atom. The second-order valence-electron chi connectivity index (χ2n) is 5.32. The number of aromatic amines is 1. The maximum atomic E-state index is 12.3. The highest BCUT2D eigenvalue weighted by Gasteiger charge is 2.14. The Kier molecular flexibility index (Phi) is 3.05. The molecule has 5 heteroatoms. The lowest BCUT2D eigenvalue weighted by atomic mass is 10.1. The summed E-state index contributed by atoms with van der Waals surface area (Å²) in [5, 5.41) is 0. The van der Waals surface area contributed by atoms with Crippen molar-refractivity contribution in [1.82, 2.24) is 15.0 Å². The zero-order chi connectivity index (χ0) is 15.8. The molecule has 1 N–H and O–H groups in total. The second kappa shape index (κ2) is 5.21. The van der Waals surface area contributed by atoms with Crippen molar-refractivity contribution >= 4 is 11.2 Å². The number of H-pyrrole nitrogens is 1. The van der Waals surface area contributed by atoms with Crippen molar-refractivity contribution in [1.29, 1.82) is 0 Å². The molecule has 0 radical (unpaired) electrons. The Morgan fingerprint density at radius 2 is 1.65 bits per heavy atom.